The standard InChI is InChI=1S/C18H15ClO3S/c1-22-15-9-11-16(12-10-15)23-17(18(20)21)4-2-3-13-5-7-14(19)8-6-13/h5-12,17H,4H2,1H3,(H,20,21). The summed E-state index contributed by atoms with van der Waals surface area (Å²) >= 11 is 7.09. The molecule has 0 saturated carbocycles. The third-order valence-corrected chi connectivity index (χ3v) is 4.43. The maximum absolute atomic E-state index is 11.4. The lowest BCUT2D eigenvalue weighted by molar-refractivity contribution is -0.136. The molecule has 0 fully saturated rings. The van der Waals surface area contributed by atoms with E-state index in [1.54, 1.807) is 31.4 Å². The van der Waals surface area contributed by atoms with Crippen molar-refractivity contribution in [3.05, 3.63) is 59.1 Å². The molecule has 1 atom stereocenters. The van der Waals surface area contributed by atoms with E-state index in [9.17, 15) is 9.90 Å². The minimum Gasteiger partial charge on any atom is -0.497 e. The van der Waals surface area contributed by atoms with Crippen LogP contribution in [0.2, 0.25) is 5.02 Å². The van der Waals surface area contributed by atoms with Gasteiger partial charge in [-0.05, 0) is 48.5 Å². The summed E-state index contributed by atoms with van der Waals surface area (Å²) in [6, 6.07) is 14.4. The van der Waals surface area contributed by atoms with Crippen molar-refractivity contribution in [1.82, 2.24) is 0 Å². The summed E-state index contributed by atoms with van der Waals surface area (Å²) in [6.07, 6.45) is 0.259. The highest BCUT2D eigenvalue weighted by Gasteiger charge is 2.17. The molecule has 1 N–H and O–H groups in total. The maximum atomic E-state index is 11.4. The lowest BCUT2D eigenvalue weighted by atomic mass is 10.2. The van der Waals surface area contributed by atoms with Crippen LogP contribution in [0.1, 0.15) is 12.0 Å². The van der Waals surface area contributed by atoms with Gasteiger partial charge in [-0.1, -0.05) is 23.4 Å². The van der Waals surface area contributed by atoms with Crippen LogP contribution in [0.15, 0.2) is 53.4 Å². The lowest BCUT2D eigenvalue weighted by Crippen LogP contribution is -2.15. The van der Waals surface area contributed by atoms with Crippen LogP contribution in [-0.4, -0.2) is 23.4 Å². The van der Waals surface area contributed by atoms with E-state index in [0.29, 0.717) is 5.02 Å². The molecule has 1 unspecified atom stereocenters. The molecule has 5 heteroatoms. The van der Waals surface area contributed by atoms with Gasteiger partial charge in [0, 0.05) is 21.9 Å². The van der Waals surface area contributed by atoms with Crippen LogP contribution in [-0.2, 0) is 4.79 Å². The van der Waals surface area contributed by atoms with E-state index < -0.39 is 11.2 Å². The second kappa shape index (κ2) is 8.52. The molecule has 0 amide bonds. The van der Waals surface area contributed by atoms with Gasteiger partial charge in [0.1, 0.15) is 11.0 Å². The zero-order valence-corrected chi connectivity index (χ0v) is 14.0. The first-order valence-corrected chi connectivity index (χ1v) is 8.12. The van der Waals surface area contributed by atoms with E-state index in [0.717, 1.165) is 16.2 Å². The second-order valence-corrected chi connectivity index (χ2v) is 6.35. The van der Waals surface area contributed by atoms with Crippen molar-refractivity contribution < 1.29 is 14.6 Å². The van der Waals surface area contributed by atoms with E-state index in [2.05, 4.69) is 11.8 Å². The smallest absolute Gasteiger partial charge is 0.317 e. The first-order valence-electron chi connectivity index (χ1n) is 6.86. The normalized spacial score (nSPS) is 11.2. The zero-order valence-electron chi connectivity index (χ0n) is 12.5. The Morgan fingerprint density at radius 3 is 2.43 bits per heavy atom. The van der Waals surface area contributed by atoms with Crippen molar-refractivity contribution in [3.8, 4) is 17.6 Å². The van der Waals surface area contributed by atoms with Crippen LogP contribution in [0.3, 0.4) is 0 Å². The Kier molecular flexibility index (Phi) is 6.40. The summed E-state index contributed by atoms with van der Waals surface area (Å²) in [4.78, 5) is 12.3. The summed E-state index contributed by atoms with van der Waals surface area (Å²) in [5.41, 5.74) is 0.813. The van der Waals surface area contributed by atoms with E-state index in [4.69, 9.17) is 16.3 Å². The highest BCUT2D eigenvalue weighted by Crippen LogP contribution is 2.27. The Labute approximate surface area is 144 Å². The molecule has 0 radical (unpaired) electrons. The summed E-state index contributed by atoms with van der Waals surface area (Å²) < 4.78 is 5.09. The monoisotopic (exact) mass is 346 g/mol. The quantitative estimate of drug-likeness (QED) is 0.646. The van der Waals surface area contributed by atoms with Gasteiger partial charge in [0.15, 0.2) is 0 Å². The van der Waals surface area contributed by atoms with Gasteiger partial charge in [-0.2, -0.15) is 0 Å². The van der Waals surface area contributed by atoms with Crippen molar-refractivity contribution in [3.63, 3.8) is 0 Å². The van der Waals surface area contributed by atoms with Gasteiger partial charge in [-0.15, -0.1) is 11.8 Å². The predicted octanol–water partition coefficient (Wildman–Crippen LogP) is 4.34. The van der Waals surface area contributed by atoms with Crippen molar-refractivity contribution in [2.24, 2.45) is 0 Å². The number of ether oxygens (including phenoxy) is 1. The summed E-state index contributed by atoms with van der Waals surface area (Å²) in [6.45, 7) is 0. The van der Waals surface area contributed by atoms with Crippen molar-refractivity contribution in [1.29, 1.82) is 0 Å². The van der Waals surface area contributed by atoms with Gasteiger partial charge in [-0.25, -0.2) is 0 Å². The van der Waals surface area contributed by atoms with Crippen LogP contribution in [0.25, 0.3) is 0 Å². The zero-order chi connectivity index (χ0) is 16.7. The fourth-order valence-electron chi connectivity index (χ4n) is 1.78. The predicted molar refractivity (Wildman–Crippen MR) is 93.2 cm³/mol. The topological polar surface area (TPSA) is 46.5 Å². The number of hydrogen-bond donors (Lipinski definition) is 1. The fraction of sp³-hybridized carbons (Fsp3) is 0.167. The minimum absolute atomic E-state index is 0.259. The Hall–Kier alpha value is -2.09. The Morgan fingerprint density at radius 2 is 1.87 bits per heavy atom. The summed E-state index contributed by atoms with van der Waals surface area (Å²) in [7, 11) is 1.59. The van der Waals surface area contributed by atoms with E-state index in [1.807, 2.05) is 24.3 Å². The van der Waals surface area contributed by atoms with Gasteiger partial charge in [-0.3, -0.25) is 4.79 Å². The number of carboxylic acid groups (broad SMARTS) is 1. The molecule has 3 nitrogen and oxygen atoms in total. The first-order chi connectivity index (χ1) is 11.1. The largest absolute Gasteiger partial charge is 0.497 e. The molecule has 0 bridgehead atoms. The number of benzene rings is 2. The highest BCUT2D eigenvalue weighted by molar-refractivity contribution is 8.00. The second-order valence-electron chi connectivity index (χ2n) is 4.63. The lowest BCUT2D eigenvalue weighted by Gasteiger charge is -2.09. The number of thioether (sulfide) groups is 1. The molecule has 2 rings (SSSR count). The van der Waals surface area contributed by atoms with Crippen LogP contribution in [0.4, 0.5) is 0 Å². The van der Waals surface area contributed by atoms with Crippen LogP contribution < -0.4 is 4.74 Å². The number of halogens is 1. The maximum Gasteiger partial charge on any atom is 0.317 e. The minimum atomic E-state index is -0.878. The molecule has 0 aliphatic carbocycles. The molecule has 0 spiro atoms. The van der Waals surface area contributed by atoms with Gasteiger partial charge in [0.05, 0.1) is 7.11 Å². The van der Waals surface area contributed by atoms with Crippen LogP contribution in [0.5, 0.6) is 5.75 Å². The number of carbonyl (C=O) groups is 1. The molecule has 118 valence electrons. The SMILES string of the molecule is COc1ccc(SC(CC#Cc2ccc(Cl)cc2)C(=O)O)cc1. The van der Waals surface area contributed by atoms with Crippen molar-refractivity contribution >= 4 is 29.3 Å². The number of carboxylic acids is 1. The van der Waals surface area contributed by atoms with E-state index in [-0.39, 0.29) is 6.42 Å². The fourth-order valence-corrected chi connectivity index (χ4v) is 2.79. The molecule has 2 aromatic carbocycles. The molecular formula is C18H15ClO3S. The molecule has 23 heavy (non-hydrogen) atoms. The summed E-state index contributed by atoms with van der Waals surface area (Å²) in [5, 5.41) is 9.36. The third kappa shape index (κ3) is 5.55. The molecule has 2 aromatic rings. The van der Waals surface area contributed by atoms with Gasteiger partial charge >= 0.3 is 5.97 Å². The molecule has 0 saturated heterocycles. The third-order valence-electron chi connectivity index (χ3n) is 2.98. The van der Waals surface area contributed by atoms with Crippen molar-refractivity contribution in [2.75, 3.05) is 7.11 Å². The van der Waals surface area contributed by atoms with Gasteiger partial charge < -0.3 is 9.84 Å². The Morgan fingerprint density at radius 1 is 1.22 bits per heavy atom. The molecular weight excluding hydrogens is 332 g/mol. The van der Waals surface area contributed by atoms with E-state index >= 15 is 0 Å². The first kappa shape index (κ1) is 17.3. The number of aliphatic carboxylic acids is 1. The average Bonchev–Trinajstić information content (AvgIpc) is 2.56. The van der Waals surface area contributed by atoms with Crippen LogP contribution >= 0.6 is 23.4 Å². The average molecular weight is 347 g/mol. The number of rotatable bonds is 5. The van der Waals surface area contributed by atoms with Crippen LogP contribution in [0, 0.1) is 11.8 Å². The van der Waals surface area contributed by atoms with E-state index in [1.165, 1.54) is 11.8 Å². The Bertz CT molecular complexity index is 715. The Balaban J connectivity index is 2.01. The van der Waals surface area contributed by atoms with Crippen molar-refractivity contribution in [2.45, 2.75) is 16.6 Å². The van der Waals surface area contributed by atoms with Gasteiger partial charge in [0.25, 0.3) is 0 Å². The number of hydrogen-bond acceptors (Lipinski definition) is 3. The molecule has 0 aromatic heterocycles. The molecule has 0 aliphatic heterocycles. The highest BCUT2D eigenvalue weighted by atomic mass is 35.5. The number of methoxy groups -OCH3 is 1. The molecule has 0 heterocycles. The molecule has 0 aliphatic rings. The summed E-state index contributed by atoms with van der Waals surface area (Å²) in [5.74, 6) is 5.74. The van der Waals surface area contributed by atoms with Gasteiger partial charge in [0.2, 0.25) is 0 Å².